The van der Waals surface area contributed by atoms with Gasteiger partial charge in [0.25, 0.3) is 10.0 Å². The molecule has 2 aromatic rings. The Kier molecular flexibility index (Phi) is 5.51. The van der Waals surface area contributed by atoms with Gasteiger partial charge in [0, 0.05) is 18.1 Å². The smallest absolute Gasteiger partial charge is 0.266 e. The molecule has 0 bridgehead atoms. The molecule has 1 heterocycles. The minimum absolute atomic E-state index is 0.133. The molecule has 1 aromatic heterocycles. The Balaban J connectivity index is 2.31. The number of sulfonamides is 1. The maximum absolute atomic E-state index is 12.8. The van der Waals surface area contributed by atoms with Crippen LogP contribution in [0.15, 0.2) is 46.8 Å². The van der Waals surface area contributed by atoms with Gasteiger partial charge in [-0.1, -0.05) is 25.1 Å². The molecule has 118 valence electrons. The average molecular weight is 339 g/mol. The summed E-state index contributed by atoms with van der Waals surface area (Å²) >= 11 is 1.17. The second-order valence-electron chi connectivity index (χ2n) is 4.49. The molecule has 6 nitrogen and oxygen atoms in total. The quantitative estimate of drug-likeness (QED) is 0.835. The van der Waals surface area contributed by atoms with Crippen molar-refractivity contribution in [3.8, 4) is 0 Å². The minimum atomic E-state index is -3.82. The van der Waals surface area contributed by atoms with E-state index in [1.54, 1.807) is 23.6 Å². The van der Waals surface area contributed by atoms with E-state index in [4.69, 9.17) is 0 Å². The molecular weight excluding hydrogens is 322 g/mol. The first kappa shape index (κ1) is 16.4. The average Bonchev–Trinajstić information content (AvgIpc) is 3.05. The standard InChI is InChI=1S/C14H17N3O3S2/c1-2-8-15-13(18)11-17(14-16-9-10-21-14)22(19,20)12-6-4-3-5-7-12/h3-7,9-10H,2,8,11H2,1H3,(H,15,18). The van der Waals surface area contributed by atoms with Crippen LogP contribution >= 0.6 is 11.3 Å². The molecule has 0 unspecified atom stereocenters. The predicted molar refractivity (Wildman–Crippen MR) is 86.4 cm³/mol. The van der Waals surface area contributed by atoms with Crippen molar-refractivity contribution in [1.29, 1.82) is 0 Å². The molecule has 1 N–H and O–H groups in total. The van der Waals surface area contributed by atoms with Gasteiger partial charge >= 0.3 is 0 Å². The molecule has 2 rings (SSSR count). The van der Waals surface area contributed by atoms with Crippen molar-refractivity contribution >= 4 is 32.4 Å². The number of hydrogen-bond acceptors (Lipinski definition) is 5. The van der Waals surface area contributed by atoms with Gasteiger partial charge in [0.2, 0.25) is 5.91 Å². The highest BCUT2D eigenvalue weighted by Crippen LogP contribution is 2.25. The van der Waals surface area contributed by atoms with Crippen molar-refractivity contribution < 1.29 is 13.2 Å². The van der Waals surface area contributed by atoms with Gasteiger partial charge < -0.3 is 5.32 Å². The molecule has 1 amide bonds. The molecule has 0 fully saturated rings. The highest BCUT2D eigenvalue weighted by molar-refractivity contribution is 7.93. The molecule has 0 radical (unpaired) electrons. The van der Waals surface area contributed by atoms with Crippen molar-refractivity contribution in [1.82, 2.24) is 10.3 Å². The lowest BCUT2D eigenvalue weighted by Gasteiger charge is -2.21. The van der Waals surface area contributed by atoms with Crippen molar-refractivity contribution in [3.63, 3.8) is 0 Å². The number of anilines is 1. The lowest BCUT2D eigenvalue weighted by Crippen LogP contribution is -2.41. The van der Waals surface area contributed by atoms with Crippen molar-refractivity contribution in [3.05, 3.63) is 41.9 Å². The molecule has 0 aliphatic rings. The molecule has 1 aromatic carbocycles. The number of carbonyl (C=O) groups excluding carboxylic acids is 1. The molecule has 0 spiro atoms. The number of amides is 1. The normalized spacial score (nSPS) is 11.1. The SMILES string of the molecule is CCCNC(=O)CN(c1nccs1)S(=O)(=O)c1ccccc1. The van der Waals surface area contributed by atoms with Crippen molar-refractivity contribution in [2.45, 2.75) is 18.2 Å². The van der Waals surface area contributed by atoms with Crippen LogP contribution < -0.4 is 9.62 Å². The van der Waals surface area contributed by atoms with Gasteiger partial charge in [-0.2, -0.15) is 0 Å². The Morgan fingerprint density at radius 1 is 1.32 bits per heavy atom. The predicted octanol–water partition coefficient (Wildman–Crippen LogP) is 1.86. The van der Waals surface area contributed by atoms with Crippen molar-refractivity contribution in [2.75, 3.05) is 17.4 Å². The van der Waals surface area contributed by atoms with E-state index < -0.39 is 10.0 Å². The van der Waals surface area contributed by atoms with Crippen LogP contribution in [-0.2, 0) is 14.8 Å². The maximum atomic E-state index is 12.8. The van der Waals surface area contributed by atoms with Crippen LogP contribution in [0.2, 0.25) is 0 Å². The van der Waals surface area contributed by atoms with Gasteiger partial charge in [0.05, 0.1) is 4.90 Å². The number of rotatable bonds is 7. The molecule has 0 aliphatic carbocycles. The van der Waals surface area contributed by atoms with Gasteiger partial charge in [-0.15, -0.1) is 11.3 Å². The summed E-state index contributed by atoms with van der Waals surface area (Å²) in [5.41, 5.74) is 0. The Morgan fingerprint density at radius 3 is 2.64 bits per heavy atom. The van der Waals surface area contributed by atoms with Gasteiger partial charge in [-0.3, -0.25) is 4.79 Å². The van der Waals surface area contributed by atoms with Gasteiger partial charge in [0.1, 0.15) is 6.54 Å². The second-order valence-corrected chi connectivity index (χ2v) is 7.22. The zero-order valence-electron chi connectivity index (χ0n) is 12.1. The molecular formula is C14H17N3O3S2. The fourth-order valence-corrected chi connectivity index (χ4v) is 4.03. The van der Waals surface area contributed by atoms with Crippen molar-refractivity contribution in [2.24, 2.45) is 0 Å². The second kappa shape index (κ2) is 7.37. The van der Waals surface area contributed by atoms with E-state index in [1.165, 1.54) is 29.7 Å². The Morgan fingerprint density at radius 2 is 2.05 bits per heavy atom. The van der Waals surface area contributed by atoms with Crippen LogP contribution in [0.5, 0.6) is 0 Å². The maximum Gasteiger partial charge on any atom is 0.266 e. The fourth-order valence-electron chi connectivity index (χ4n) is 1.76. The molecule has 22 heavy (non-hydrogen) atoms. The summed E-state index contributed by atoms with van der Waals surface area (Å²) in [7, 11) is -3.82. The third kappa shape index (κ3) is 3.83. The van der Waals surface area contributed by atoms with Gasteiger partial charge in [-0.25, -0.2) is 17.7 Å². The van der Waals surface area contributed by atoms with Crippen LogP contribution in [0, 0.1) is 0 Å². The summed E-state index contributed by atoms with van der Waals surface area (Å²) in [6, 6.07) is 8.02. The van der Waals surface area contributed by atoms with Crippen LogP contribution in [0.1, 0.15) is 13.3 Å². The van der Waals surface area contributed by atoms with E-state index in [2.05, 4.69) is 10.3 Å². The number of aromatic nitrogens is 1. The Bertz CT molecular complexity index is 700. The largest absolute Gasteiger partial charge is 0.355 e. The third-order valence-corrected chi connectivity index (χ3v) is 5.48. The number of hydrogen-bond donors (Lipinski definition) is 1. The third-order valence-electron chi connectivity index (χ3n) is 2.82. The van der Waals surface area contributed by atoms with Gasteiger partial charge in [-0.05, 0) is 18.6 Å². The van der Waals surface area contributed by atoms with E-state index in [9.17, 15) is 13.2 Å². The minimum Gasteiger partial charge on any atom is -0.355 e. The van der Waals surface area contributed by atoms with Crippen LogP contribution in [-0.4, -0.2) is 32.4 Å². The van der Waals surface area contributed by atoms with Gasteiger partial charge in [0.15, 0.2) is 5.13 Å². The van der Waals surface area contributed by atoms with E-state index in [0.717, 1.165) is 10.7 Å². The number of thiazole rings is 1. The van der Waals surface area contributed by atoms with Crippen LogP contribution in [0.4, 0.5) is 5.13 Å². The first-order valence-corrected chi connectivity index (χ1v) is 9.11. The molecule has 8 heteroatoms. The monoisotopic (exact) mass is 339 g/mol. The first-order valence-electron chi connectivity index (χ1n) is 6.79. The lowest BCUT2D eigenvalue weighted by molar-refractivity contribution is -0.119. The number of nitrogens with zero attached hydrogens (tertiary/aromatic N) is 2. The molecule has 0 saturated carbocycles. The Labute approximate surface area is 133 Å². The number of nitrogens with one attached hydrogen (secondary N) is 1. The summed E-state index contributed by atoms with van der Waals surface area (Å²) in [5, 5.41) is 4.63. The summed E-state index contributed by atoms with van der Waals surface area (Å²) in [5.74, 6) is -0.350. The fraction of sp³-hybridized carbons (Fsp3) is 0.286. The topological polar surface area (TPSA) is 79.4 Å². The number of benzene rings is 1. The highest BCUT2D eigenvalue weighted by Gasteiger charge is 2.28. The van der Waals surface area contributed by atoms with Crippen LogP contribution in [0.3, 0.4) is 0 Å². The summed E-state index contributed by atoms with van der Waals surface area (Å²) in [6.07, 6.45) is 2.30. The van der Waals surface area contributed by atoms with E-state index in [1.807, 2.05) is 6.92 Å². The summed E-state index contributed by atoms with van der Waals surface area (Å²) in [4.78, 5) is 16.1. The highest BCUT2D eigenvalue weighted by atomic mass is 32.2. The molecule has 0 saturated heterocycles. The summed E-state index contributed by atoms with van der Waals surface area (Å²) < 4.78 is 26.5. The number of carbonyl (C=O) groups is 1. The van der Waals surface area contributed by atoms with E-state index >= 15 is 0 Å². The zero-order chi connectivity index (χ0) is 16.0. The Hall–Kier alpha value is -1.93. The zero-order valence-corrected chi connectivity index (χ0v) is 13.7. The van der Waals surface area contributed by atoms with E-state index in [0.29, 0.717) is 6.54 Å². The summed E-state index contributed by atoms with van der Waals surface area (Å²) in [6.45, 7) is 2.15. The molecule has 0 atom stereocenters. The van der Waals surface area contributed by atoms with E-state index in [-0.39, 0.29) is 22.5 Å². The first-order chi connectivity index (χ1) is 10.6. The molecule has 0 aliphatic heterocycles. The van der Waals surface area contributed by atoms with Crippen LogP contribution in [0.25, 0.3) is 0 Å². The lowest BCUT2D eigenvalue weighted by atomic mass is 10.4.